The largest absolute Gasteiger partial charge is 0.382 e. The highest BCUT2D eigenvalue weighted by atomic mass is 16.5. The molecule has 1 fully saturated rings. The number of benzene rings is 2. The topological polar surface area (TPSA) is 49.9 Å². The molecule has 3 aromatic rings. The summed E-state index contributed by atoms with van der Waals surface area (Å²) in [7, 11) is 0. The van der Waals surface area contributed by atoms with Crippen LogP contribution in [0.1, 0.15) is 24.0 Å². The molecule has 2 N–H and O–H groups in total. The lowest BCUT2D eigenvalue weighted by atomic mass is 9.95. The lowest BCUT2D eigenvalue weighted by molar-refractivity contribution is 0.110. The molecule has 0 spiro atoms. The minimum absolute atomic E-state index is 0.641. The average molecular weight is 291 g/mol. The molecule has 1 aliphatic carbocycles. The van der Waals surface area contributed by atoms with Gasteiger partial charge in [0.2, 0.25) is 0 Å². The molecule has 2 heterocycles. The molecule has 1 saturated carbocycles. The van der Waals surface area contributed by atoms with E-state index in [2.05, 4.69) is 45.6 Å². The third-order valence-electron chi connectivity index (χ3n) is 4.55. The summed E-state index contributed by atoms with van der Waals surface area (Å²) in [4.78, 5) is 7.58. The van der Waals surface area contributed by atoms with Crippen molar-refractivity contribution in [1.29, 1.82) is 0 Å². The maximum Gasteiger partial charge on any atom is 0.0931 e. The van der Waals surface area contributed by atoms with Crippen molar-refractivity contribution in [3.05, 3.63) is 47.8 Å². The molecule has 5 rings (SSSR count). The normalized spacial score (nSPS) is 16.9. The van der Waals surface area contributed by atoms with Gasteiger partial charge >= 0.3 is 0 Å². The maximum absolute atomic E-state index is 5.94. The quantitative estimate of drug-likeness (QED) is 0.754. The molecule has 2 aromatic carbocycles. The van der Waals surface area contributed by atoms with Crippen LogP contribution in [-0.4, -0.2) is 16.0 Å². The molecule has 1 aromatic heterocycles. The van der Waals surface area contributed by atoms with E-state index in [-0.39, 0.29) is 0 Å². The van der Waals surface area contributed by atoms with Crippen LogP contribution in [0.15, 0.2) is 36.7 Å². The standard InChI is InChI=1S/C18H17N3O/c1-2-13-14-7-18-17(19-10-20-18)6-11(14)8-22-9-15(13)16(3-1)21-12-4-5-12/h1-3,6-7,10,12,21H,4-5,8-9H2,(H,19,20). The Hall–Kier alpha value is -2.33. The first-order chi connectivity index (χ1) is 10.9. The first kappa shape index (κ1) is 12.2. The Morgan fingerprint density at radius 1 is 1.14 bits per heavy atom. The van der Waals surface area contributed by atoms with Crippen molar-refractivity contribution in [2.75, 3.05) is 5.32 Å². The van der Waals surface area contributed by atoms with Crippen LogP contribution in [0.4, 0.5) is 5.69 Å². The molecule has 0 unspecified atom stereocenters. The second-order valence-corrected chi connectivity index (χ2v) is 6.17. The predicted octanol–water partition coefficient (Wildman–Crippen LogP) is 3.83. The second-order valence-electron chi connectivity index (χ2n) is 6.17. The van der Waals surface area contributed by atoms with Crippen LogP contribution in [0.2, 0.25) is 0 Å². The third-order valence-corrected chi connectivity index (χ3v) is 4.55. The summed E-state index contributed by atoms with van der Waals surface area (Å²) in [6.07, 6.45) is 4.29. The highest BCUT2D eigenvalue weighted by Gasteiger charge is 2.24. The molecule has 22 heavy (non-hydrogen) atoms. The number of hydrogen-bond donors (Lipinski definition) is 2. The maximum atomic E-state index is 5.94. The Labute approximate surface area is 128 Å². The van der Waals surface area contributed by atoms with Crippen molar-refractivity contribution in [3.63, 3.8) is 0 Å². The van der Waals surface area contributed by atoms with Gasteiger partial charge in [-0.1, -0.05) is 12.1 Å². The van der Waals surface area contributed by atoms with E-state index in [1.54, 1.807) is 6.33 Å². The third kappa shape index (κ3) is 1.91. The molecule has 0 bridgehead atoms. The van der Waals surface area contributed by atoms with Gasteiger partial charge in [0.15, 0.2) is 0 Å². The number of nitrogens with zero attached hydrogens (tertiary/aromatic N) is 1. The average Bonchev–Trinajstić information content (AvgIpc) is 3.26. The lowest BCUT2D eigenvalue weighted by Gasteiger charge is -2.14. The Bertz CT molecular complexity index is 864. The molecular formula is C18H17N3O. The van der Waals surface area contributed by atoms with E-state index in [4.69, 9.17) is 4.74 Å². The number of hydrogen-bond acceptors (Lipinski definition) is 3. The molecule has 0 amide bonds. The number of aromatic amines is 1. The van der Waals surface area contributed by atoms with Crippen LogP contribution in [0.5, 0.6) is 0 Å². The molecule has 0 atom stereocenters. The lowest BCUT2D eigenvalue weighted by Crippen LogP contribution is -2.05. The van der Waals surface area contributed by atoms with Crippen molar-refractivity contribution in [2.24, 2.45) is 0 Å². The first-order valence-electron chi connectivity index (χ1n) is 7.81. The van der Waals surface area contributed by atoms with E-state index < -0.39 is 0 Å². The molecule has 1 aliphatic heterocycles. The zero-order chi connectivity index (χ0) is 14.5. The van der Waals surface area contributed by atoms with Crippen LogP contribution in [0.3, 0.4) is 0 Å². The molecule has 4 nitrogen and oxygen atoms in total. The van der Waals surface area contributed by atoms with Crippen LogP contribution in [-0.2, 0) is 18.0 Å². The number of imidazole rings is 1. The molecule has 2 aliphatic rings. The van der Waals surface area contributed by atoms with Crippen LogP contribution < -0.4 is 5.32 Å². The fourth-order valence-electron chi connectivity index (χ4n) is 3.24. The van der Waals surface area contributed by atoms with E-state index in [1.807, 2.05) is 0 Å². The van der Waals surface area contributed by atoms with Gasteiger partial charge in [-0.15, -0.1) is 0 Å². The number of H-pyrrole nitrogens is 1. The summed E-state index contributed by atoms with van der Waals surface area (Å²) in [6, 6.07) is 11.5. The Balaban J connectivity index is 1.72. The summed E-state index contributed by atoms with van der Waals surface area (Å²) >= 11 is 0. The van der Waals surface area contributed by atoms with E-state index in [0.29, 0.717) is 19.3 Å². The Morgan fingerprint density at radius 3 is 3.00 bits per heavy atom. The van der Waals surface area contributed by atoms with E-state index in [9.17, 15) is 0 Å². The monoisotopic (exact) mass is 291 g/mol. The fraction of sp³-hybridized carbons (Fsp3) is 0.278. The van der Waals surface area contributed by atoms with Crippen LogP contribution in [0.25, 0.3) is 22.2 Å². The minimum atomic E-state index is 0.641. The number of anilines is 1. The molecule has 0 saturated heterocycles. The fourth-order valence-corrected chi connectivity index (χ4v) is 3.24. The number of ether oxygens (including phenoxy) is 1. The van der Waals surface area contributed by atoms with Crippen molar-refractivity contribution in [1.82, 2.24) is 9.97 Å². The Kier molecular flexibility index (Phi) is 2.55. The van der Waals surface area contributed by atoms with Crippen LogP contribution in [0, 0.1) is 0 Å². The van der Waals surface area contributed by atoms with Gasteiger partial charge in [0.05, 0.1) is 30.6 Å². The zero-order valence-corrected chi connectivity index (χ0v) is 12.2. The molecule has 4 heteroatoms. The number of aromatic nitrogens is 2. The van der Waals surface area contributed by atoms with E-state index in [0.717, 1.165) is 11.0 Å². The minimum Gasteiger partial charge on any atom is -0.382 e. The Morgan fingerprint density at radius 2 is 2.09 bits per heavy atom. The van der Waals surface area contributed by atoms with Gasteiger partial charge in [-0.3, -0.25) is 0 Å². The van der Waals surface area contributed by atoms with Crippen molar-refractivity contribution in [3.8, 4) is 11.1 Å². The van der Waals surface area contributed by atoms with E-state index >= 15 is 0 Å². The summed E-state index contributed by atoms with van der Waals surface area (Å²) in [6.45, 7) is 1.29. The van der Waals surface area contributed by atoms with Gasteiger partial charge in [-0.05, 0) is 47.7 Å². The SMILES string of the molecule is c1cc(NC2CC2)c2c(c1)-c1cc3nc[nH]c3cc1COC2. The highest BCUT2D eigenvalue weighted by Crippen LogP contribution is 2.38. The van der Waals surface area contributed by atoms with Crippen LogP contribution >= 0.6 is 0 Å². The van der Waals surface area contributed by atoms with Gasteiger partial charge in [-0.2, -0.15) is 0 Å². The molecular weight excluding hydrogens is 274 g/mol. The van der Waals surface area contributed by atoms with Crippen molar-refractivity contribution in [2.45, 2.75) is 32.1 Å². The predicted molar refractivity (Wildman–Crippen MR) is 86.7 cm³/mol. The molecule has 110 valence electrons. The first-order valence-corrected chi connectivity index (χ1v) is 7.81. The number of rotatable bonds is 2. The van der Waals surface area contributed by atoms with E-state index in [1.165, 1.54) is 40.8 Å². The second kappa shape index (κ2) is 4.58. The van der Waals surface area contributed by atoms with Gasteiger partial charge in [-0.25, -0.2) is 4.98 Å². The van der Waals surface area contributed by atoms with Gasteiger partial charge in [0.25, 0.3) is 0 Å². The van der Waals surface area contributed by atoms with Gasteiger partial charge in [0.1, 0.15) is 0 Å². The highest BCUT2D eigenvalue weighted by molar-refractivity contribution is 5.86. The summed E-state index contributed by atoms with van der Waals surface area (Å²) < 4.78 is 5.94. The smallest absolute Gasteiger partial charge is 0.0931 e. The number of fused-ring (bicyclic) bond motifs is 4. The zero-order valence-electron chi connectivity index (χ0n) is 12.2. The van der Waals surface area contributed by atoms with Gasteiger partial charge in [0, 0.05) is 17.3 Å². The number of nitrogens with one attached hydrogen (secondary N) is 2. The van der Waals surface area contributed by atoms with Crippen molar-refractivity contribution >= 4 is 16.7 Å². The van der Waals surface area contributed by atoms with Gasteiger partial charge < -0.3 is 15.0 Å². The molecule has 0 radical (unpaired) electrons. The summed E-state index contributed by atoms with van der Waals surface area (Å²) in [5.41, 5.74) is 8.29. The summed E-state index contributed by atoms with van der Waals surface area (Å²) in [5.74, 6) is 0. The summed E-state index contributed by atoms with van der Waals surface area (Å²) in [5, 5.41) is 3.63. The van der Waals surface area contributed by atoms with Crippen molar-refractivity contribution < 1.29 is 4.74 Å².